The molecule has 0 saturated heterocycles. The zero-order valence-corrected chi connectivity index (χ0v) is 9.64. The van der Waals surface area contributed by atoms with Crippen LogP contribution in [-0.2, 0) is 0 Å². The van der Waals surface area contributed by atoms with E-state index in [2.05, 4.69) is 21.0 Å². The number of nitrogens with one attached hydrogen (secondary N) is 1. The van der Waals surface area contributed by atoms with Gasteiger partial charge in [0.15, 0.2) is 0 Å². The second-order valence-corrected chi connectivity index (χ2v) is 3.78. The van der Waals surface area contributed by atoms with Crippen molar-refractivity contribution < 1.29 is 9.18 Å². The minimum absolute atomic E-state index is 0.0290. The van der Waals surface area contributed by atoms with Gasteiger partial charge in [0.05, 0.1) is 11.2 Å². The Kier molecular flexibility index (Phi) is 4.05. The number of halogens is 3. The van der Waals surface area contributed by atoms with Crippen LogP contribution in [0.25, 0.3) is 0 Å². The number of nitrogens with two attached hydrogens (primary N) is 1. The monoisotopic (exact) mass is 293 g/mol. The molecule has 0 unspecified atom stereocenters. The molecule has 0 heterocycles. The molecular formula is C8H6BrClFN3O. The van der Waals surface area contributed by atoms with Crippen molar-refractivity contribution in [3.63, 3.8) is 0 Å². The fourth-order valence-corrected chi connectivity index (χ4v) is 1.39. The van der Waals surface area contributed by atoms with Gasteiger partial charge < -0.3 is 5.73 Å². The Balaban J connectivity index is 2.90. The fourth-order valence-electron chi connectivity index (χ4n) is 0.802. The summed E-state index contributed by atoms with van der Waals surface area (Å²) in [6.07, 6.45) is 1.29. The first-order valence-corrected chi connectivity index (χ1v) is 4.91. The molecule has 0 aliphatic carbocycles. The molecule has 1 rings (SSSR count). The van der Waals surface area contributed by atoms with Crippen LogP contribution in [0.1, 0.15) is 5.56 Å². The highest BCUT2D eigenvalue weighted by molar-refractivity contribution is 9.10. The third kappa shape index (κ3) is 3.49. The average molecular weight is 295 g/mol. The van der Waals surface area contributed by atoms with Crippen LogP contribution in [0, 0.1) is 5.82 Å². The van der Waals surface area contributed by atoms with Gasteiger partial charge in [-0.3, -0.25) is 0 Å². The number of carbonyl (C=O) groups is 1. The summed E-state index contributed by atoms with van der Waals surface area (Å²) in [4.78, 5) is 10.3. The van der Waals surface area contributed by atoms with E-state index in [1.807, 2.05) is 5.43 Å². The Morgan fingerprint density at radius 2 is 2.33 bits per heavy atom. The topological polar surface area (TPSA) is 67.5 Å². The summed E-state index contributed by atoms with van der Waals surface area (Å²) in [7, 11) is 0. The molecule has 0 saturated carbocycles. The quantitative estimate of drug-likeness (QED) is 0.490. The van der Waals surface area contributed by atoms with Gasteiger partial charge >= 0.3 is 6.03 Å². The van der Waals surface area contributed by atoms with Crippen LogP contribution in [0.3, 0.4) is 0 Å². The van der Waals surface area contributed by atoms with Gasteiger partial charge in [0.2, 0.25) is 0 Å². The summed E-state index contributed by atoms with van der Waals surface area (Å²) in [5.41, 5.74) is 7.32. The summed E-state index contributed by atoms with van der Waals surface area (Å²) in [6, 6.07) is 1.79. The van der Waals surface area contributed by atoms with E-state index >= 15 is 0 Å². The van der Waals surface area contributed by atoms with E-state index in [4.69, 9.17) is 17.3 Å². The molecule has 7 heteroatoms. The molecule has 15 heavy (non-hydrogen) atoms. The van der Waals surface area contributed by atoms with Crippen LogP contribution in [-0.4, -0.2) is 12.2 Å². The number of carbonyl (C=O) groups excluding carboxylic acids is 1. The first kappa shape index (κ1) is 11.9. The predicted molar refractivity (Wildman–Crippen MR) is 59.4 cm³/mol. The number of hydrazone groups is 1. The number of primary amides is 1. The van der Waals surface area contributed by atoms with E-state index in [-0.39, 0.29) is 5.02 Å². The van der Waals surface area contributed by atoms with Gasteiger partial charge in [0.1, 0.15) is 5.82 Å². The van der Waals surface area contributed by atoms with Gasteiger partial charge in [-0.05, 0) is 12.1 Å². The zero-order chi connectivity index (χ0) is 11.4. The van der Waals surface area contributed by atoms with Crippen molar-refractivity contribution in [2.75, 3.05) is 0 Å². The third-order valence-corrected chi connectivity index (χ3v) is 2.39. The fraction of sp³-hybridized carbons (Fsp3) is 0. The van der Waals surface area contributed by atoms with Crippen molar-refractivity contribution in [2.45, 2.75) is 0 Å². The summed E-state index contributed by atoms with van der Waals surface area (Å²) < 4.78 is 13.4. The highest BCUT2D eigenvalue weighted by Gasteiger charge is 2.04. The molecule has 1 aromatic carbocycles. The lowest BCUT2D eigenvalue weighted by Gasteiger charge is -2.00. The molecule has 0 aliphatic rings. The Morgan fingerprint density at radius 1 is 1.67 bits per heavy atom. The Hall–Kier alpha value is -1.14. The van der Waals surface area contributed by atoms with E-state index in [0.29, 0.717) is 10.0 Å². The van der Waals surface area contributed by atoms with Crippen LogP contribution in [0.4, 0.5) is 9.18 Å². The van der Waals surface area contributed by atoms with Gasteiger partial charge in [0, 0.05) is 10.0 Å². The number of hydrogen-bond acceptors (Lipinski definition) is 2. The van der Waals surface area contributed by atoms with Gasteiger partial charge in [-0.1, -0.05) is 27.5 Å². The van der Waals surface area contributed by atoms with Gasteiger partial charge in [-0.2, -0.15) is 5.10 Å². The molecule has 0 fully saturated rings. The Morgan fingerprint density at radius 3 is 2.93 bits per heavy atom. The van der Waals surface area contributed by atoms with Crippen molar-refractivity contribution in [3.05, 3.63) is 33.0 Å². The summed E-state index contributed by atoms with van der Waals surface area (Å²) in [5.74, 6) is -0.538. The standard InChI is InChI=1S/C8H6BrClFN3O/c9-5-2-7(11)6(10)1-4(5)3-13-14-8(12)15/h1-3H,(H3,12,14,15). The molecule has 0 spiro atoms. The molecule has 0 aliphatic heterocycles. The number of amides is 2. The van der Waals surface area contributed by atoms with E-state index in [1.165, 1.54) is 18.3 Å². The van der Waals surface area contributed by atoms with E-state index < -0.39 is 11.8 Å². The van der Waals surface area contributed by atoms with Crippen LogP contribution in [0.2, 0.25) is 5.02 Å². The second-order valence-electron chi connectivity index (χ2n) is 2.52. The van der Waals surface area contributed by atoms with Crippen molar-refractivity contribution in [2.24, 2.45) is 10.8 Å². The van der Waals surface area contributed by atoms with Gasteiger partial charge in [-0.15, -0.1) is 0 Å². The zero-order valence-electron chi connectivity index (χ0n) is 7.30. The Bertz CT molecular complexity index is 425. The largest absolute Gasteiger partial charge is 0.350 e. The van der Waals surface area contributed by atoms with Crippen molar-refractivity contribution in [1.82, 2.24) is 5.43 Å². The first-order valence-electron chi connectivity index (χ1n) is 3.73. The number of nitrogens with zero attached hydrogens (tertiary/aromatic N) is 1. The molecule has 0 atom stereocenters. The molecule has 3 N–H and O–H groups in total. The van der Waals surface area contributed by atoms with E-state index in [9.17, 15) is 9.18 Å². The molecule has 80 valence electrons. The number of urea groups is 1. The maximum Gasteiger partial charge on any atom is 0.332 e. The molecule has 0 aromatic heterocycles. The van der Waals surface area contributed by atoms with Crippen LogP contribution in [0.15, 0.2) is 21.7 Å². The Labute approximate surface area is 98.4 Å². The smallest absolute Gasteiger partial charge is 0.332 e. The van der Waals surface area contributed by atoms with Crippen molar-refractivity contribution >= 4 is 39.8 Å². The van der Waals surface area contributed by atoms with Gasteiger partial charge in [-0.25, -0.2) is 14.6 Å². The maximum atomic E-state index is 12.9. The maximum absolute atomic E-state index is 12.9. The molecule has 0 bridgehead atoms. The van der Waals surface area contributed by atoms with Crippen molar-refractivity contribution in [1.29, 1.82) is 0 Å². The number of hydrogen-bond donors (Lipinski definition) is 2. The minimum Gasteiger partial charge on any atom is -0.350 e. The normalized spacial score (nSPS) is 10.6. The lowest BCUT2D eigenvalue weighted by atomic mass is 10.2. The van der Waals surface area contributed by atoms with Gasteiger partial charge in [0.25, 0.3) is 0 Å². The average Bonchev–Trinajstić information content (AvgIpc) is 2.13. The highest BCUT2D eigenvalue weighted by atomic mass is 79.9. The van der Waals surface area contributed by atoms with Crippen LogP contribution in [0.5, 0.6) is 0 Å². The van der Waals surface area contributed by atoms with E-state index in [0.717, 1.165) is 0 Å². The second kappa shape index (κ2) is 5.09. The van der Waals surface area contributed by atoms with Crippen molar-refractivity contribution in [3.8, 4) is 0 Å². The molecule has 2 amide bonds. The molecular weight excluding hydrogens is 288 g/mol. The van der Waals surface area contributed by atoms with Crippen LogP contribution >= 0.6 is 27.5 Å². The SMILES string of the molecule is NC(=O)NN=Cc1cc(Cl)c(F)cc1Br. The lowest BCUT2D eigenvalue weighted by molar-refractivity contribution is 0.249. The molecule has 0 radical (unpaired) electrons. The number of benzene rings is 1. The molecule has 4 nitrogen and oxygen atoms in total. The summed E-state index contributed by atoms with van der Waals surface area (Å²) >= 11 is 8.67. The minimum atomic E-state index is -0.782. The first-order chi connectivity index (χ1) is 7.00. The molecule has 1 aromatic rings. The predicted octanol–water partition coefficient (Wildman–Crippen LogP) is 2.24. The third-order valence-electron chi connectivity index (χ3n) is 1.42. The lowest BCUT2D eigenvalue weighted by Crippen LogP contribution is -2.24. The number of rotatable bonds is 2. The summed E-state index contributed by atoms with van der Waals surface area (Å²) in [5, 5.41) is 3.48. The van der Waals surface area contributed by atoms with E-state index in [1.54, 1.807) is 0 Å². The summed E-state index contributed by atoms with van der Waals surface area (Å²) in [6.45, 7) is 0. The highest BCUT2D eigenvalue weighted by Crippen LogP contribution is 2.23. The van der Waals surface area contributed by atoms with Crippen LogP contribution < -0.4 is 11.2 Å².